The van der Waals surface area contributed by atoms with Crippen molar-refractivity contribution in [3.05, 3.63) is 0 Å². The highest BCUT2D eigenvalue weighted by molar-refractivity contribution is 5.87. The zero-order chi connectivity index (χ0) is 15.5. The minimum absolute atomic E-state index is 0.184. The molecule has 1 saturated heterocycles. The third-order valence-corrected chi connectivity index (χ3v) is 5.39. The number of hydrogen-bond donors (Lipinski definition) is 2. The van der Waals surface area contributed by atoms with Crippen LogP contribution in [-0.2, 0) is 4.79 Å². The van der Waals surface area contributed by atoms with Crippen LogP contribution in [0.4, 0.5) is 4.79 Å². The number of carbonyl (C=O) groups excluding carboxylic acids is 1. The van der Waals surface area contributed by atoms with Crippen molar-refractivity contribution in [3.8, 4) is 0 Å². The normalized spacial score (nSPS) is 33.5. The van der Waals surface area contributed by atoms with Crippen LogP contribution >= 0.6 is 0 Å². The molecule has 21 heavy (non-hydrogen) atoms. The minimum atomic E-state index is -1.00. The van der Waals surface area contributed by atoms with Gasteiger partial charge in [0.2, 0.25) is 0 Å². The summed E-state index contributed by atoms with van der Waals surface area (Å²) in [6.45, 7) is 4.59. The molecule has 2 aliphatic rings. The molecule has 3 atom stereocenters. The van der Waals surface area contributed by atoms with Crippen LogP contribution < -0.4 is 5.32 Å². The lowest BCUT2D eigenvalue weighted by molar-refractivity contribution is -0.148. The van der Waals surface area contributed by atoms with Crippen LogP contribution in [0.3, 0.4) is 0 Å². The van der Waals surface area contributed by atoms with Crippen molar-refractivity contribution in [2.45, 2.75) is 76.8 Å². The molecule has 1 saturated carbocycles. The maximum absolute atomic E-state index is 12.6. The minimum Gasteiger partial charge on any atom is -0.479 e. The Bertz CT molecular complexity index is 399. The molecule has 5 nitrogen and oxygen atoms in total. The topological polar surface area (TPSA) is 69.6 Å². The SMILES string of the molecule is CCC1(C(=O)O)CCCN1C(=O)NC1CCCCCC1C. The predicted octanol–water partition coefficient (Wildman–Crippen LogP) is 2.99. The summed E-state index contributed by atoms with van der Waals surface area (Å²) in [7, 11) is 0. The average Bonchev–Trinajstić information content (AvgIpc) is 2.81. The first-order valence-electron chi connectivity index (χ1n) is 8.33. The first kappa shape index (κ1) is 16.1. The van der Waals surface area contributed by atoms with Gasteiger partial charge in [0, 0.05) is 12.6 Å². The van der Waals surface area contributed by atoms with Crippen molar-refractivity contribution in [2.75, 3.05) is 6.54 Å². The number of carboxylic acids is 1. The standard InChI is InChI=1S/C16H28N2O3/c1-3-16(14(19)20)10-7-11-18(16)15(21)17-13-9-6-4-5-8-12(13)2/h12-13H,3-11H2,1-2H3,(H,17,21)(H,19,20). The van der Waals surface area contributed by atoms with E-state index in [1.807, 2.05) is 6.92 Å². The molecule has 1 aliphatic heterocycles. The quantitative estimate of drug-likeness (QED) is 0.787. The summed E-state index contributed by atoms with van der Waals surface area (Å²) in [6, 6.07) is -0.000508. The van der Waals surface area contributed by atoms with Gasteiger partial charge in [-0.15, -0.1) is 0 Å². The van der Waals surface area contributed by atoms with Crippen LogP contribution in [-0.4, -0.2) is 40.1 Å². The zero-order valence-corrected chi connectivity index (χ0v) is 13.2. The molecule has 0 bridgehead atoms. The van der Waals surface area contributed by atoms with Crippen molar-refractivity contribution in [1.82, 2.24) is 10.2 Å². The number of nitrogens with one attached hydrogen (secondary N) is 1. The summed E-state index contributed by atoms with van der Waals surface area (Å²) in [5.74, 6) is -0.397. The Morgan fingerprint density at radius 2 is 1.95 bits per heavy atom. The Kier molecular flexibility index (Phi) is 5.12. The number of carbonyl (C=O) groups is 2. The first-order chi connectivity index (χ1) is 10.0. The van der Waals surface area contributed by atoms with E-state index in [0.717, 1.165) is 25.7 Å². The molecule has 0 spiro atoms. The first-order valence-corrected chi connectivity index (χ1v) is 8.33. The van der Waals surface area contributed by atoms with Gasteiger partial charge in [0.25, 0.3) is 0 Å². The van der Waals surface area contributed by atoms with Crippen LogP contribution in [0.25, 0.3) is 0 Å². The number of carboxylic acid groups (broad SMARTS) is 1. The number of aliphatic carboxylic acids is 1. The van der Waals surface area contributed by atoms with Gasteiger partial charge in [-0.1, -0.05) is 33.1 Å². The van der Waals surface area contributed by atoms with Gasteiger partial charge in [0.15, 0.2) is 0 Å². The highest BCUT2D eigenvalue weighted by Crippen LogP contribution is 2.33. The fourth-order valence-electron chi connectivity index (χ4n) is 3.86. The highest BCUT2D eigenvalue weighted by atomic mass is 16.4. The van der Waals surface area contributed by atoms with Crippen LogP contribution in [0.15, 0.2) is 0 Å². The monoisotopic (exact) mass is 296 g/mol. The second-order valence-corrected chi connectivity index (χ2v) is 6.62. The molecule has 1 aliphatic carbocycles. The zero-order valence-electron chi connectivity index (χ0n) is 13.2. The van der Waals surface area contributed by atoms with Gasteiger partial charge in [-0.3, -0.25) is 0 Å². The lowest BCUT2D eigenvalue weighted by Gasteiger charge is -2.35. The van der Waals surface area contributed by atoms with Gasteiger partial charge in [-0.2, -0.15) is 0 Å². The van der Waals surface area contributed by atoms with Gasteiger partial charge in [-0.25, -0.2) is 9.59 Å². The molecule has 120 valence electrons. The van der Waals surface area contributed by atoms with Crippen molar-refractivity contribution in [3.63, 3.8) is 0 Å². The molecule has 0 aromatic heterocycles. The molecule has 0 radical (unpaired) electrons. The van der Waals surface area contributed by atoms with E-state index in [1.165, 1.54) is 12.8 Å². The largest absolute Gasteiger partial charge is 0.479 e. The van der Waals surface area contributed by atoms with Gasteiger partial charge in [0.05, 0.1) is 0 Å². The molecule has 2 amide bonds. The van der Waals surface area contributed by atoms with Gasteiger partial charge >= 0.3 is 12.0 Å². The maximum atomic E-state index is 12.6. The summed E-state index contributed by atoms with van der Waals surface area (Å²) >= 11 is 0. The molecule has 2 fully saturated rings. The van der Waals surface area contributed by atoms with Crippen LogP contribution in [0, 0.1) is 5.92 Å². The summed E-state index contributed by atoms with van der Waals surface area (Å²) < 4.78 is 0. The second kappa shape index (κ2) is 6.67. The van der Waals surface area contributed by atoms with Crippen molar-refractivity contribution < 1.29 is 14.7 Å². The summed E-state index contributed by atoms with van der Waals surface area (Å²) in [4.78, 5) is 25.8. The third kappa shape index (κ3) is 3.16. The lowest BCUT2D eigenvalue weighted by Crippen LogP contribution is -2.57. The van der Waals surface area contributed by atoms with Crippen molar-refractivity contribution in [1.29, 1.82) is 0 Å². The van der Waals surface area contributed by atoms with E-state index < -0.39 is 11.5 Å². The fourth-order valence-corrected chi connectivity index (χ4v) is 3.86. The Hall–Kier alpha value is -1.26. The summed E-state index contributed by atoms with van der Waals surface area (Å²) in [5, 5.41) is 12.7. The Morgan fingerprint density at radius 3 is 2.62 bits per heavy atom. The fraction of sp³-hybridized carbons (Fsp3) is 0.875. The molecule has 2 N–H and O–H groups in total. The number of nitrogens with zero attached hydrogens (tertiary/aromatic N) is 1. The van der Waals surface area contributed by atoms with E-state index in [4.69, 9.17) is 0 Å². The van der Waals surface area contributed by atoms with Gasteiger partial charge < -0.3 is 15.3 Å². The molecule has 0 aromatic carbocycles. The molecule has 5 heteroatoms. The van der Waals surface area contributed by atoms with Crippen LogP contribution in [0.2, 0.25) is 0 Å². The number of hydrogen-bond acceptors (Lipinski definition) is 2. The molecule has 3 unspecified atom stereocenters. The molecular formula is C16H28N2O3. The smallest absolute Gasteiger partial charge is 0.329 e. The number of rotatable bonds is 3. The van der Waals surface area contributed by atoms with Gasteiger partial charge in [0.1, 0.15) is 5.54 Å². The lowest BCUT2D eigenvalue weighted by atomic mass is 9.93. The van der Waals surface area contributed by atoms with E-state index >= 15 is 0 Å². The molecule has 2 rings (SSSR count). The van der Waals surface area contributed by atoms with Crippen molar-refractivity contribution >= 4 is 12.0 Å². The van der Waals surface area contributed by atoms with Crippen LogP contribution in [0.1, 0.15) is 65.2 Å². The van der Waals surface area contributed by atoms with E-state index in [0.29, 0.717) is 25.3 Å². The Morgan fingerprint density at radius 1 is 1.24 bits per heavy atom. The second-order valence-electron chi connectivity index (χ2n) is 6.62. The van der Waals surface area contributed by atoms with Gasteiger partial charge in [-0.05, 0) is 38.0 Å². The van der Waals surface area contributed by atoms with E-state index in [9.17, 15) is 14.7 Å². The highest BCUT2D eigenvalue weighted by Gasteiger charge is 2.48. The molecular weight excluding hydrogens is 268 g/mol. The third-order valence-electron chi connectivity index (χ3n) is 5.39. The Labute approximate surface area is 127 Å². The molecule has 0 aromatic rings. The Balaban J connectivity index is 2.06. The summed E-state index contributed by atoms with van der Waals surface area (Å²) in [5.41, 5.74) is -1.00. The van der Waals surface area contributed by atoms with Crippen molar-refractivity contribution in [2.24, 2.45) is 5.92 Å². The number of amides is 2. The van der Waals surface area contributed by atoms with E-state index in [2.05, 4.69) is 12.2 Å². The number of likely N-dealkylation sites (tertiary alicyclic amines) is 1. The molecule has 1 heterocycles. The van der Waals surface area contributed by atoms with E-state index in [1.54, 1.807) is 4.90 Å². The maximum Gasteiger partial charge on any atom is 0.329 e. The predicted molar refractivity (Wildman–Crippen MR) is 81.2 cm³/mol. The summed E-state index contributed by atoms with van der Waals surface area (Å²) in [6.07, 6.45) is 7.55. The van der Waals surface area contributed by atoms with Crippen LogP contribution in [0.5, 0.6) is 0 Å². The average molecular weight is 296 g/mol. The number of urea groups is 1. The van der Waals surface area contributed by atoms with E-state index in [-0.39, 0.29) is 12.1 Å².